The van der Waals surface area contributed by atoms with Gasteiger partial charge in [0.25, 0.3) is 5.56 Å². The van der Waals surface area contributed by atoms with Crippen LogP contribution in [0.3, 0.4) is 0 Å². The third kappa shape index (κ3) is 1.22. The van der Waals surface area contributed by atoms with E-state index in [-0.39, 0.29) is 0 Å². The lowest BCUT2D eigenvalue weighted by Gasteiger charge is -2.09. The highest BCUT2D eigenvalue weighted by Crippen LogP contribution is 2.14. The summed E-state index contributed by atoms with van der Waals surface area (Å²) in [5.74, 6) is 5.31. The number of hydrazine groups is 1. The maximum absolute atomic E-state index is 11.9. The number of hydrogen-bond donors (Lipinski definition) is 2. The molecule has 7 heteroatoms. The van der Waals surface area contributed by atoms with Crippen molar-refractivity contribution in [3.05, 3.63) is 33.1 Å². The van der Waals surface area contributed by atoms with Crippen molar-refractivity contribution in [1.82, 2.24) is 14.1 Å². The molecule has 0 atom stereocenters. The SMILES string of the molecule is Cn1c(=O)c2c(NN)ccnc2n(C)c1=O. The molecule has 0 unspecified atom stereocenters. The molecule has 3 N–H and O–H groups in total. The van der Waals surface area contributed by atoms with E-state index in [4.69, 9.17) is 5.84 Å². The predicted octanol–water partition coefficient (Wildman–Crippen LogP) is -1.08. The molecule has 0 spiro atoms. The van der Waals surface area contributed by atoms with Crippen LogP contribution in [0.4, 0.5) is 5.69 Å². The van der Waals surface area contributed by atoms with Crippen LogP contribution in [0.2, 0.25) is 0 Å². The third-order valence-electron chi connectivity index (χ3n) is 2.50. The number of nitrogens with one attached hydrogen (secondary N) is 1. The number of pyridine rings is 1. The maximum Gasteiger partial charge on any atom is 0.332 e. The summed E-state index contributed by atoms with van der Waals surface area (Å²) >= 11 is 0. The van der Waals surface area contributed by atoms with E-state index in [0.717, 1.165) is 4.57 Å². The molecule has 0 aromatic carbocycles. The molecule has 2 aromatic rings. The first-order chi connectivity index (χ1) is 7.57. The van der Waals surface area contributed by atoms with Gasteiger partial charge < -0.3 is 5.43 Å². The Morgan fingerprint density at radius 1 is 1.31 bits per heavy atom. The molecular weight excluding hydrogens is 210 g/mol. The van der Waals surface area contributed by atoms with Crippen molar-refractivity contribution in [2.75, 3.05) is 5.43 Å². The van der Waals surface area contributed by atoms with Gasteiger partial charge >= 0.3 is 5.69 Å². The monoisotopic (exact) mass is 221 g/mol. The lowest BCUT2D eigenvalue weighted by atomic mass is 10.3. The van der Waals surface area contributed by atoms with Crippen LogP contribution in [-0.4, -0.2) is 14.1 Å². The quantitative estimate of drug-likeness (QED) is 0.471. The summed E-state index contributed by atoms with van der Waals surface area (Å²) in [6.45, 7) is 0. The van der Waals surface area contributed by atoms with Crippen molar-refractivity contribution < 1.29 is 0 Å². The average molecular weight is 221 g/mol. The van der Waals surface area contributed by atoms with Crippen molar-refractivity contribution in [2.45, 2.75) is 0 Å². The molecule has 0 saturated carbocycles. The minimum absolute atomic E-state index is 0.301. The molecule has 7 nitrogen and oxygen atoms in total. The molecular formula is C9H11N5O2. The van der Waals surface area contributed by atoms with E-state index in [1.807, 2.05) is 0 Å². The minimum Gasteiger partial charge on any atom is -0.323 e. The number of fused-ring (bicyclic) bond motifs is 1. The smallest absolute Gasteiger partial charge is 0.323 e. The Morgan fingerprint density at radius 3 is 2.62 bits per heavy atom. The van der Waals surface area contributed by atoms with Crippen LogP contribution in [0, 0.1) is 0 Å². The number of nitrogen functional groups attached to an aromatic ring is 1. The molecule has 2 rings (SSSR count). The number of aromatic nitrogens is 3. The Bertz CT molecular complexity index is 670. The minimum atomic E-state index is -0.417. The lowest BCUT2D eigenvalue weighted by Crippen LogP contribution is -2.37. The van der Waals surface area contributed by atoms with Gasteiger partial charge in [-0.05, 0) is 6.07 Å². The number of hydrogen-bond acceptors (Lipinski definition) is 5. The summed E-state index contributed by atoms with van der Waals surface area (Å²) in [5, 5.41) is 0.301. The zero-order chi connectivity index (χ0) is 11.9. The lowest BCUT2D eigenvalue weighted by molar-refractivity contribution is 0.708. The van der Waals surface area contributed by atoms with Crippen LogP contribution in [0.15, 0.2) is 21.9 Å². The van der Waals surface area contributed by atoms with E-state index >= 15 is 0 Å². The molecule has 0 saturated heterocycles. The topological polar surface area (TPSA) is 94.9 Å². The number of aryl methyl sites for hydroxylation is 1. The van der Waals surface area contributed by atoms with Gasteiger partial charge in [0.1, 0.15) is 5.39 Å². The van der Waals surface area contributed by atoms with Crippen LogP contribution >= 0.6 is 0 Å². The van der Waals surface area contributed by atoms with E-state index in [1.165, 1.54) is 17.8 Å². The van der Waals surface area contributed by atoms with Crippen LogP contribution in [0.25, 0.3) is 11.0 Å². The Hall–Kier alpha value is -2.15. The first kappa shape index (κ1) is 10.4. The second-order valence-corrected chi connectivity index (χ2v) is 3.41. The number of rotatable bonds is 1. The van der Waals surface area contributed by atoms with E-state index in [1.54, 1.807) is 13.1 Å². The van der Waals surface area contributed by atoms with Gasteiger partial charge in [-0.1, -0.05) is 0 Å². The molecule has 0 amide bonds. The van der Waals surface area contributed by atoms with Gasteiger partial charge in [-0.3, -0.25) is 19.8 Å². The molecule has 16 heavy (non-hydrogen) atoms. The van der Waals surface area contributed by atoms with Crippen LogP contribution in [-0.2, 0) is 14.1 Å². The van der Waals surface area contributed by atoms with Gasteiger partial charge in [0.05, 0.1) is 5.69 Å². The fraction of sp³-hybridized carbons (Fsp3) is 0.222. The average Bonchev–Trinajstić information content (AvgIpc) is 2.32. The summed E-state index contributed by atoms with van der Waals surface area (Å²) in [5.41, 5.74) is 2.34. The summed E-state index contributed by atoms with van der Waals surface area (Å²) in [7, 11) is 2.97. The van der Waals surface area contributed by atoms with Gasteiger partial charge in [-0.15, -0.1) is 0 Å². The van der Waals surface area contributed by atoms with Crippen LogP contribution in [0.5, 0.6) is 0 Å². The Labute approximate surface area is 90.1 Å². The van der Waals surface area contributed by atoms with E-state index in [9.17, 15) is 9.59 Å². The largest absolute Gasteiger partial charge is 0.332 e. The van der Waals surface area contributed by atoms with Crippen molar-refractivity contribution in [1.29, 1.82) is 0 Å². The Balaban J connectivity index is 3.15. The number of nitrogens with two attached hydrogens (primary N) is 1. The molecule has 0 aliphatic rings. The molecule has 0 fully saturated rings. The summed E-state index contributed by atoms with van der Waals surface area (Å²) < 4.78 is 2.32. The van der Waals surface area contributed by atoms with Crippen LogP contribution < -0.4 is 22.5 Å². The van der Waals surface area contributed by atoms with Gasteiger partial charge in [0, 0.05) is 20.3 Å². The van der Waals surface area contributed by atoms with E-state index in [0.29, 0.717) is 16.7 Å². The standard InChI is InChI=1S/C9H11N5O2/c1-13-7-6(5(12-10)3-4-11-7)8(15)14(2)9(13)16/h3-4H,10H2,1-2H3,(H,11,12). The number of nitrogens with zero attached hydrogens (tertiary/aromatic N) is 3. The highest BCUT2D eigenvalue weighted by molar-refractivity contribution is 5.87. The van der Waals surface area contributed by atoms with Crippen molar-refractivity contribution in [3.63, 3.8) is 0 Å². The molecule has 0 aliphatic carbocycles. The normalized spacial score (nSPS) is 10.7. The van der Waals surface area contributed by atoms with Gasteiger partial charge in [0.15, 0.2) is 5.65 Å². The second-order valence-electron chi connectivity index (χ2n) is 3.41. The van der Waals surface area contributed by atoms with Gasteiger partial charge in [0.2, 0.25) is 0 Å². The van der Waals surface area contributed by atoms with E-state index in [2.05, 4.69) is 10.4 Å². The van der Waals surface area contributed by atoms with Crippen LogP contribution in [0.1, 0.15) is 0 Å². The summed E-state index contributed by atoms with van der Waals surface area (Å²) in [6.07, 6.45) is 1.48. The Morgan fingerprint density at radius 2 is 2.00 bits per heavy atom. The zero-order valence-electron chi connectivity index (χ0n) is 8.89. The molecule has 0 radical (unpaired) electrons. The fourth-order valence-electron chi connectivity index (χ4n) is 1.61. The van der Waals surface area contributed by atoms with Crippen molar-refractivity contribution in [2.24, 2.45) is 19.9 Å². The summed E-state index contributed by atoms with van der Waals surface area (Å²) in [6, 6.07) is 1.58. The fourth-order valence-corrected chi connectivity index (χ4v) is 1.61. The second kappa shape index (κ2) is 3.46. The van der Waals surface area contributed by atoms with Crippen molar-refractivity contribution >= 4 is 16.7 Å². The Kier molecular flexibility index (Phi) is 2.24. The summed E-state index contributed by atoms with van der Waals surface area (Å²) in [4.78, 5) is 27.5. The van der Waals surface area contributed by atoms with Gasteiger partial charge in [-0.2, -0.15) is 0 Å². The molecule has 2 heterocycles. The molecule has 0 bridgehead atoms. The first-order valence-electron chi connectivity index (χ1n) is 4.59. The van der Waals surface area contributed by atoms with Crippen molar-refractivity contribution in [3.8, 4) is 0 Å². The zero-order valence-corrected chi connectivity index (χ0v) is 8.89. The third-order valence-corrected chi connectivity index (χ3v) is 2.50. The molecule has 2 aromatic heterocycles. The highest BCUT2D eigenvalue weighted by Gasteiger charge is 2.12. The first-order valence-corrected chi connectivity index (χ1v) is 4.59. The maximum atomic E-state index is 11.9. The number of anilines is 1. The van der Waals surface area contributed by atoms with E-state index < -0.39 is 11.2 Å². The molecule has 0 aliphatic heterocycles. The molecule has 84 valence electrons. The van der Waals surface area contributed by atoms with Gasteiger partial charge in [-0.25, -0.2) is 9.78 Å². The predicted molar refractivity (Wildman–Crippen MR) is 60.0 cm³/mol. The highest BCUT2D eigenvalue weighted by atomic mass is 16.2.